The Hall–Kier alpha value is -0.590. The molecule has 1 fully saturated rings. The summed E-state index contributed by atoms with van der Waals surface area (Å²) < 4.78 is 0. The van der Waals surface area contributed by atoms with Crippen molar-refractivity contribution in [3.05, 3.63) is 0 Å². The van der Waals surface area contributed by atoms with E-state index < -0.39 is 0 Å². The highest BCUT2D eigenvalue weighted by Crippen LogP contribution is 2.37. The molecule has 0 aromatic rings. The molecule has 0 bridgehead atoms. The topological polar surface area (TPSA) is 53.0 Å². The average Bonchev–Trinajstić information content (AvgIpc) is 2.36. The highest BCUT2D eigenvalue weighted by atomic mass is 15.4. The maximum absolute atomic E-state index is 8.93. The van der Waals surface area contributed by atoms with Crippen LogP contribution in [-0.4, -0.2) is 18.6 Å². The van der Waals surface area contributed by atoms with Crippen molar-refractivity contribution < 1.29 is 0 Å². The third-order valence-corrected chi connectivity index (χ3v) is 2.35. The summed E-state index contributed by atoms with van der Waals surface area (Å²) >= 11 is 0. The molecule has 62 valence electrons. The Balaban J connectivity index is 2.54. The molecule has 1 aliphatic rings. The number of nitrogens with zero attached hydrogens (tertiary/aromatic N) is 2. The summed E-state index contributed by atoms with van der Waals surface area (Å²) in [6.45, 7) is 0.712. The van der Waals surface area contributed by atoms with Gasteiger partial charge in [-0.2, -0.15) is 5.26 Å². The second-order valence-electron chi connectivity index (χ2n) is 3.51. The highest BCUT2D eigenvalue weighted by molar-refractivity contribution is 5.02. The number of nitriles is 1. The van der Waals surface area contributed by atoms with Crippen molar-refractivity contribution in [1.82, 2.24) is 5.01 Å². The van der Waals surface area contributed by atoms with Crippen molar-refractivity contribution in [2.24, 2.45) is 11.3 Å². The molecule has 0 atom stereocenters. The smallest absolute Gasteiger partial charge is 0.0714 e. The lowest BCUT2D eigenvalue weighted by atomic mass is 9.88. The van der Waals surface area contributed by atoms with Gasteiger partial charge in [0.25, 0.3) is 0 Å². The first-order chi connectivity index (χ1) is 5.18. The van der Waals surface area contributed by atoms with Gasteiger partial charge in [-0.15, -0.1) is 0 Å². The van der Waals surface area contributed by atoms with Gasteiger partial charge >= 0.3 is 0 Å². The summed E-state index contributed by atoms with van der Waals surface area (Å²) in [5, 5.41) is 10.6. The fourth-order valence-electron chi connectivity index (χ4n) is 1.83. The van der Waals surface area contributed by atoms with Crippen LogP contribution in [0, 0.1) is 16.7 Å². The summed E-state index contributed by atoms with van der Waals surface area (Å²) in [7, 11) is 1.82. The molecule has 3 nitrogen and oxygen atoms in total. The predicted molar refractivity (Wildman–Crippen MR) is 43.3 cm³/mol. The van der Waals surface area contributed by atoms with Crippen LogP contribution in [0.4, 0.5) is 0 Å². The Morgan fingerprint density at radius 3 is 2.45 bits per heavy atom. The first-order valence-electron chi connectivity index (χ1n) is 4.06. The van der Waals surface area contributed by atoms with Crippen LogP contribution in [0.25, 0.3) is 0 Å². The summed E-state index contributed by atoms with van der Waals surface area (Å²) in [4.78, 5) is 0. The molecule has 0 aliphatic heterocycles. The van der Waals surface area contributed by atoms with Crippen LogP contribution in [0.15, 0.2) is 0 Å². The molecule has 0 heterocycles. The SMILES string of the molecule is CN(N)CC1(C#N)CCCC1. The molecule has 0 saturated heterocycles. The first-order valence-corrected chi connectivity index (χ1v) is 4.06. The van der Waals surface area contributed by atoms with Crippen LogP contribution in [0.1, 0.15) is 25.7 Å². The van der Waals surface area contributed by atoms with E-state index in [1.54, 1.807) is 5.01 Å². The number of hydrazine groups is 1. The molecular formula is C8H15N3. The number of hydrogen-bond donors (Lipinski definition) is 1. The highest BCUT2D eigenvalue weighted by Gasteiger charge is 2.34. The Morgan fingerprint density at radius 1 is 1.55 bits per heavy atom. The molecule has 11 heavy (non-hydrogen) atoms. The number of nitrogens with two attached hydrogens (primary N) is 1. The largest absolute Gasteiger partial charge is 0.269 e. The van der Waals surface area contributed by atoms with E-state index in [0.29, 0.717) is 6.54 Å². The molecule has 0 spiro atoms. The Bertz CT molecular complexity index is 163. The van der Waals surface area contributed by atoms with Gasteiger partial charge in [0.1, 0.15) is 0 Å². The van der Waals surface area contributed by atoms with Crippen molar-refractivity contribution in [3.63, 3.8) is 0 Å². The van der Waals surface area contributed by atoms with Crippen molar-refractivity contribution >= 4 is 0 Å². The van der Waals surface area contributed by atoms with Crippen molar-refractivity contribution in [2.45, 2.75) is 25.7 Å². The van der Waals surface area contributed by atoms with E-state index in [-0.39, 0.29) is 5.41 Å². The van der Waals surface area contributed by atoms with Crippen LogP contribution in [0.2, 0.25) is 0 Å². The minimum absolute atomic E-state index is 0.135. The molecule has 1 rings (SSSR count). The Morgan fingerprint density at radius 2 is 2.09 bits per heavy atom. The third kappa shape index (κ3) is 1.92. The van der Waals surface area contributed by atoms with E-state index in [0.717, 1.165) is 12.8 Å². The fourth-order valence-corrected chi connectivity index (χ4v) is 1.83. The van der Waals surface area contributed by atoms with E-state index in [1.807, 2.05) is 7.05 Å². The third-order valence-electron chi connectivity index (χ3n) is 2.35. The summed E-state index contributed by atoms with van der Waals surface area (Å²) in [6, 6.07) is 2.39. The van der Waals surface area contributed by atoms with Crippen LogP contribution in [0.5, 0.6) is 0 Å². The molecular weight excluding hydrogens is 138 g/mol. The van der Waals surface area contributed by atoms with E-state index in [2.05, 4.69) is 6.07 Å². The molecule has 0 aromatic heterocycles. The predicted octanol–water partition coefficient (Wildman–Crippen LogP) is 0.876. The Kier molecular flexibility index (Phi) is 2.48. The van der Waals surface area contributed by atoms with Crippen LogP contribution in [-0.2, 0) is 0 Å². The number of rotatable bonds is 2. The zero-order valence-corrected chi connectivity index (χ0v) is 7.01. The summed E-state index contributed by atoms with van der Waals surface area (Å²) in [5.74, 6) is 5.52. The van der Waals surface area contributed by atoms with Crippen LogP contribution < -0.4 is 5.84 Å². The van der Waals surface area contributed by atoms with Gasteiger partial charge in [0, 0.05) is 13.6 Å². The minimum Gasteiger partial charge on any atom is -0.269 e. The van der Waals surface area contributed by atoms with Gasteiger partial charge in [0.2, 0.25) is 0 Å². The fraction of sp³-hybridized carbons (Fsp3) is 0.875. The minimum atomic E-state index is -0.135. The molecule has 3 heteroatoms. The van der Waals surface area contributed by atoms with Crippen molar-refractivity contribution in [1.29, 1.82) is 5.26 Å². The normalized spacial score (nSPS) is 22.0. The zero-order valence-electron chi connectivity index (χ0n) is 7.01. The first kappa shape index (κ1) is 8.51. The molecule has 0 radical (unpaired) electrons. The number of hydrogen-bond acceptors (Lipinski definition) is 3. The second kappa shape index (κ2) is 3.21. The molecule has 0 amide bonds. The molecule has 1 saturated carbocycles. The summed E-state index contributed by atoms with van der Waals surface area (Å²) in [6.07, 6.45) is 4.40. The van der Waals surface area contributed by atoms with E-state index in [4.69, 9.17) is 11.1 Å². The van der Waals surface area contributed by atoms with Crippen molar-refractivity contribution in [3.8, 4) is 6.07 Å². The van der Waals surface area contributed by atoms with Crippen LogP contribution >= 0.6 is 0 Å². The van der Waals surface area contributed by atoms with Gasteiger partial charge in [0.05, 0.1) is 11.5 Å². The maximum Gasteiger partial charge on any atom is 0.0714 e. The molecule has 0 aromatic carbocycles. The van der Waals surface area contributed by atoms with Gasteiger partial charge < -0.3 is 0 Å². The average molecular weight is 153 g/mol. The summed E-state index contributed by atoms with van der Waals surface area (Å²) in [5.41, 5.74) is -0.135. The lowest BCUT2D eigenvalue weighted by Gasteiger charge is -2.23. The van der Waals surface area contributed by atoms with E-state index in [9.17, 15) is 0 Å². The van der Waals surface area contributed by atoms with Crippen LogP contribution in [0.3, 0.4) is 0 Å². The van der Waals surface area contributed by atoms with Gasteiger partial charge in [-0.25, -0.2) is 5.01 Å². The molecule has 2 N–H and O–H groups in total. The van der Waals surface area contributed by atoms with Gasteiger partial charge in [-0.1, -0.05) is 12.8 Å². The zero-order chi connectivity index (χ0) is 8.32. The van der Waals surface area contributed by atoms with Crippen molar-refractivity contribution in [2.75, 3.05) is 13.6 Å². The van der Waals surface area contributed by atoms with E-state index in [1.165, 1.54) is 12.8 Å². The quantitative estimate of drug-likeness (QED) is 0.473. The molecule has 0 unspecified atom stereocenters. The van der Waals surface area contributed by atoms with Gasteiger partial charge in [-0.05, 0) is 12.8 Å². The lowest BCUT2D eigenvalue weighted by Crippen LogP contribution is -2.37. The lowest BCUT2D eigenvalue weighted by molar-refractivity contribution is 0.234. The van der Waals surface area contributed by atoms with Gasteiger partial charge in [-0.3, -0.25) is 5.84 Å². The Labute approximate surface area is 67.8 Å². The standard InChI is InChI=1S/C8H15N3/c1-11(10)7-8(6-9)4-2-3-5-8/h2-5,7,10H2,1H3. The second-order valence-corrected chi connectivity index (χ2v) is 3.51. The maximum atomic E-state index is 8.93. The van der Waals surface area contributed by atoms with E-state index >= 15 is 0 Å². The van der Waals surface area contributed by atoms with Gasteiger partial charge in [0.15, 0.2) is 0 Å². The monoisotopic (exact) mass is 153 g/mol. The molecule has 1 aliphatic carbocycles.